The molecule has 5 nitrogen and oxygen atoms in total. The van der Waals surface area contributed by atoms with Crippen LogP contribution in [0.2, 0.25) is 0 Å². The summed E-state index contributed by atoms with van der Waals surface area (Å²) in [6, 6.07) is 21.8. The maximum atomic E-state index is 12.6. The zero-order chi connectivity index (χ0) is 20.2. The first kappa shape index (κ1) is 19.2. The third-order valence-electron chi connectivity index (χ3n) is 5.44. The first-order valence-corrected chi connectivity index (χ1v) is 9.96. The van der Waals surface area contributed by atoms with Crippen molar-refractivity contribution in [2.45, 2.75) is 6.92 Å². The van der Waals surface area contributed by atoms with Gasteiger partial charge in [0.1, 0.15) is 0 Å². The van der Waals surface area contributed by atoms with Crippen molar-refractivity contribution in [1.82, 2.24) is 4.90 Å². The van der Waals surface area contributed by atoms with Gasteiger partial charge in [-0.25, -0.2) is 0 Å². The molecule has 1 aliphatic heterocycles. The SMILES string of the molecule is CC(=O)c1ccc(N2CCN(CC(=O)Nc3cccc4ccccc34)CC2)cc1. The average Bonchev–Trinajstić information content (AvgIpc) is 2.74. The Morgan fingerprint density at radius 2 is 1.55 bits per heavy atom. The second-order valence-corrected chi connectivity index (χ2v) is 7.44. The Balaban J connectivity index is 1.32. The van der Waals surface area contributed by atoms with Gasteiger partial charge in [0, 0.05) is 48.5 Å². The number of carbonyl (C=O) groups is 2. The second-order valence-electron chi connectivity index (χ2n) is 7.44. The summed E-state index contributed by atoms with van der Waals surface area (Å²) in [5.41, 5.74) is 2.71. The van der Waals surface area contributed by atoms with Crippen LogP contribution in [0.15, 0.2) is 66.7 Å². The lowest BCUT2D eigenvalue weighted by Gasteiger charge is -2.35. The monoisotopic (exact) mass is 387 g/mol. The molecule has 148 valence electrons. The van der Waals surface area contributed by atoms with Crippen molar-refractivity contribution >= 4 is 33.8 Å². The minimum atomic E-state index is 0.0145. The molecule has 29 heavy (non-hydrogen) atoms. The minimum Gasteiger partial charge on any atom is -0.369 e. The van der Waals surface area contributed by atoms with E-state index in [9.17, 15) is 9.59 Å². The third-order valence-corrected chi connectivity index (χ3v) is 5.44. The number of nitrogens with zero attached hydrogens (tertiary/aromatic N) is 2. The van der Waals surface area contributed by atoms with Crippen molar-refractivity contribution in [2.24, 2.45) is 0 Å². The van der Waals surface area contributed by atoms with Gasteiger partial charge in [0.2, 0.25) is 5.91 Å². The molecule has 0 atom stereocenters. The second kappa shape index (κ2) is 8.45. The highest BCUT2D eigenvalue weighted by molar-refractivity contribution is 6.02. The van der Waals surface area contributed by atoms with Crippen molar-refractivity contribution in [2.75, 3.05) is 42.9 Å². The highest BCUT2D eigenvalue weighted by Crippen LogP contribution is 2.23. The predicted molar refractivity (Wildman–Crippen MR) is 118 cm³/mol. The zero-order valence-corrected chi connectivity index (χ0v) is 16.6. The highest BCUT2D eigenvalue weighted by Gasteiger charge is 2.19. The molecule has 1 amide bonds. The molecule has 4 rings (SSSR count). The third kappa shape index (κ3) is 4.46. The number of benzene rings is 3. The first-order chi connectivity index (χ1) is 14.1. The van der Waals surface area contributed by atoms with E-state index in [0.29, 0.717) is 6.54 Å². The Labute approximate surface area is 170 Å². The summed E-state index contributed by atoms with van der Waals surface area (Å²) in [6.45, 7) is 5.36. The molecule has 0 bridgehead atoms. The van der Waals surface area contributed by atoms with E-state index in [0.717, 1.165) is 53.9 Å². The van der Waals surface area contributed by atoms with Crippen LogP contribution in [0.3, 0.4) is 0 Å². The lowest BCUT2D eigenvalue weighted by molar-refractivity contribution is -0.117. The van der Waals surface area contributed by atoms with Gasteiger partial charge in [-0.15, -0.1) is 0 Å². The number of carbonyl (C=O) groups excluding carboxylic acids is 2. The van der Waals surface area contributed by atoms with Gasteiger partial charge in [0.15, 0.2) is 5.78 Å². The van der Waals surface area contributed by atoms with E-state index < -0.39 is 0 Å². The molecule has 0 unspecified atom stereocenters. The summed E-state index contributed by atoms with van der Waals surface area (Å²) >= 11 is 0. The zero-order valence-electron chi connectivity index (χ0n) is 16.6. The largest absolute Gasteiger partial charge is 0.369 e. The fourth-order valence-electron chi connectivity index (χ4n) is 3.80. The first-order valence-electron chi connectivity index (χ1n) is 9.96. The smallest absolute Gasteiger partial charge is 0.238 e. The standard InChI is InChI=1S/C24H25N3O2/c1-18(28)19-9-11-21(12-10-19)27-15-13-26(14-16-27)17-24(29)25-23-8-4-6-20-5-2-3-7-22(20)23/h2-12H,13-17H2,1H3,(H,25,29). The molecular formula is C24H25N3O2. The van der Waals surface area contributed by atoms with Crippen LogP contribution >= 0.6 is 0 Å². The van der Waals surface area contributed by atoms with Crippen LogP contribution in [0.4, 0.5) is 11.4 Å². The molecule has 1 heterocycles. The van der Waals surface area contributed by atoms with Crippen LogP contribution in [0.5, 0.6) is 0 Å². The van der Waals surface area contributed by atoms with Gasteiger partial charge in [-0.1, -0.05) is 36.4 Å². The summed E-state index contributed by atoms with van der Waals surface area (Å²) in [7, 11) is 0. The minimum absolute atomic E-state index is 0.0145. The molecule has 0 saturated carbocycles. The lowest BCUT2D eigenvalue weighted by atomic mass is 10.1. The van der Waals surface area contributed by atoms with Crippen molar-refractivity contribution in [3.63, 3.8) is 0 Å². The van der Waals surface area contributed by atoms with Crippen LogP contribution < -0.4 is 10.2 Å². The van der Waals surface area contributed by atoms with Gasteiger partial charge in [-0.2, -0.15) is 0 Å². The molecule has 3 aromatic carbocycles. The van der Waals surface area contributed by atoms with Gasteiger partial charge in [0.05, 0.1) is 6.54 Å². The van der Waals surface area contributed by atoms with E-state index in [1.165, 1.54) is 0 Å². The number of Topliss-reactive ketones (excluding diaryl/α,β-unsaturated/α-hetero) is 1. The molecule has 5 heteroatoms. The molecule has 1 aliphatic rings. The Morgan fingerprint density at radius 3 is 2.28 bits per heavy atom. The van der Waals surface area contributed by atoms with Gasteiger partial charge in [0.25, 0.3) is 0 Å². The number of fused-ring (bicyclic) bond motifs is 1. The predicted octanol–water partition coefficient (Wildman–Crippen LogP) is 3.80. The van der Waals surface area contributed by atoms with E-state index in [1.807, 2.05) is 66.7 Å². The molecule has 0 aliphatic carbocycles. The number of amides is 1. The van der Waals surface area contributed by atoms with E-state index in [-0.39, 0.29) is 11.7 Å². The number of rotatable bonds is 5. The Kier molecular flexibility index (Phi) is 5.58. The normalized spacial score (nSPS) is 14.7. The summed E-state index contributed by atoms with van der Waals surface area (Å²) in [6.07, 6.45) is 0. The number of hydrogen-bond acceptors (Lipinski definition) is 4. The van der Waals surface area contributed by atoms with Crippen LogP contribution in [0.1, 0.15) is 17.3 Å². The maximum absolute atomic E-state index is 12.6. The molecule has 0 radical (unpaired) electrons. The van der Waals surface area contributed by atoms with E-state index in [1.54, 1.807) is 6.92 Å². The molecule has 1 fully saturated rings. The Hall–Kier alpha value is -3.18. The number of piperazine rings is 1. The molecule has 0 aromatic heterocycles. The molecule has 0 spiro atoms. The fourth-order valence-corrected chi connectivity index (χ4v) is 3.80. The van der Waals surface area contributed by atoms with Crippen LogP contribution in [-0.4, -0.2) is 49.3 Å². The quantitative estimate of drug-likeness (QED) is 0.677. The summed E-state index contributed by atoms with van der Waals surface area (Å²) in [5, 5.41) is 5.24. The number of nitrogens with one attached hydrogen (secondary N) is 1. The molecule has 3 aromatic rings. The van der Waals surface area contributed by atoms with Gasteiger partial charge in [-0.3, -0.25) is 14.5 Å². The van der Waals surface area contributed by atoms with E-state index >= 15 is 0 Å². The van der Waals surface area contributed by atoms with Crippen molar-refractivity contribution < 1.29 is 9.59 Å². The van der Waals surface area contributed by atoms with Crippen LogP contribution in [0.25, 0.3) is 10.8 Å². The van der Waals surface area contributed by atoms with E-state index in [4.69, 9.17) is 0 Å². The molecule has 1 saturated heterocycles. The van der Waals surface area contributed by atoms with Gasteiger partial charge >= 0.3 is 0 Å². The van der Waals surface area contributed by atoms with Crippen LogP contribution in [-0.2, 0) is 4.79 Å². The molecular weight excluding hydrogens is 362 g/mol. The van der Waals surface area contributed by atoms with Crippen LogP contribution in [0, 0.1) is 0 Å². The molecule has 1 N–H and O–H groups in total. The summed E-state index contributed by atoms with van der Waals surface area (Å²) < 4.78 is 0. The van der Waals surface area contributed by atoms with Gasteiger partial charge < -0.3 is 10.2 Å². The van der Waals surface area contributed by atoms with Crippen molar-refractivity contribution in [3.8, 4) is 0 Å². The van der Waals surface area contributed by atoms with Crippen molar-refractivity contribution in [3.05, 3.63) is 72.3 Å². The number of hydrogen-bond donors (Lipinski definition) is 1. The number of ketones is 1. The number of anilines is 2. The average molecular weight is 387 g/mol. The van der Waals surface area contributed by atoms with Crippen molar-refractivity contribution in [1.29, 1.82) is 0 Å². The highest BCUT2D eigenvalue weighted by atomic mass is 16.2. The Bertz CT molecular complexity index is 1020. The summed E-state index contributed by atoms with van der Waals surface area (Å²) in [4.78, 5) is 28.5. The maximum Gasteiger partial charge on any atom is 0.238 e. The lowest BCUT2D eigenvalue weighted by Crippen LogP contribution is -2.48. The van der Waals surface area contributed by atoms with Gasteiger partial charge in [-0.05, 0) is 42.6 Å². The summed E-state index contributed by atoms with van der Waals surface area (Å²) in [5.74, 6) is 0.0965. The topological polar surface area (TPSA) is 52.7 Å². The fraction of sp³-hybridized carbons (Fsp3) is 0.250. The van der Waals surface area contributed by atoms with E-state index in [2.05, 4.69) is 15.1 Å². The Morgan fingerprint density at radius 1 is 0.862 bits per heavy atom.